The minimum absolute atomic E-state index is 0.109. The van der Waals surface area contributed by atoms with Gasteiger partial charge in [-0.2, -0.15) is 0 Å². The van der Waals surface area contributed by atoms with Crippen LogP contribution >= 0.6 is 22.6 Å². The Bertz CT molecular complexity index is 304. The number of unbranched alkanes of at least 4 members (excludes halogenated alkanes) is 12. The zero-order valence-electron chi connectivity index (χ0n) is 14.3. The maximum Gasteiger partial charge on any atom is 0.306 e. The second-order valence-corrected chi connectivity index (χ2v) is 6.46. The van der Waals surface area contributed by atoms with Crippen molar-refractivity contribution in [2.24, 2.45) is 0 Å². The number of carbonyl (C=O) groups excluding carboxylic acids is 1. The summed E-state index contributed by atoms with van der Waals surface area (Å²) < 4.78 is 7.66. The van der Waals surface area contributed by atoms with Gasteiger partial charge in [0.25, 0.3) is 0 Å². The van der Waals surface area contributed by atoms with Gasteiger partial charge in [0.15, 0.2) is 6.61 Å². The molecule has 128 valence electrons. The average Bonchev–Trinajstić information content (AvgIpc) is 2.52. The lowest BCUT2D eigenvalue weighted by Gasteiger charge is -2.03. The Kier molecular flexibility index (Phi) is 18.6. The SMILES string of the molecule is CCCCCCCCCCCCCCCC(=O)OCC#CI. The Hall–Kier alpha value is -0.240. The Morgan fingerprint density at radius 3 is 1.73 bits per heavy atom. The summed E-state index contributed by atoms with van der Waals surface area (Å²) >= 11 is 1.94. The summed E-state index contributed by atoms with van der Waals surface area (Å²) in [5.41, 5.74) is 0. The number of esters is 1. The highest BCUT2D eigenvalue weighted by Crippen LogP contribution is 2.13. The minimum Gasteiger partial charge on any atom is -0.452 e. The number of carbonyl (C=O) groups is 1. The molecule has 0 spiro atoms. The molecule has 0 aliphatic rings. The summed E-state index contributed by atoms with van der Waals surface area (Å²) in [6, 6.07) is 0. The van der Waals surface area contributed by atoms with Crippen molar-refractivity contribution in [1.82, 2.24) is 0 Å². The van der Waals surface area contributed by atoms with Crippen LogP contribution in [-0.4, -0.2) is 12.6 Å². The van der Waals surface area contributed by atoms with E-state index in [9.17, 15) is 4.79 Å². The molecule has 0 N–H and O–H groups in total. The zero-order chi connectivity index (χ0) is 16.3. The van der Waals surface area contributed by atoms with Crippen LogP contribution < -0.4 is 0 Å². The summed E-state index contributed by atoms with van der Waals surface area (Å²) in [5, 5.41) is 0. The van der Waals surface area contributed by atoms with E-state index in [0.717, 1.165) is 12.8 Å². The third-order valence-electron chi connectivity index (χ3n) is 3.86. The molecule has 0 aromatic heterocycles. The van der Waals surface area contributed by atoms with Gasteiger partial charge >= 0.3 is 5.97 Å². The highest BCUT2D eigenvalue weighted by atomic mass is 127. The standard InChI is InChI=1S/C19H33IO2/c1-2-3-4-5-6-7-8-9-10-11-12-13-14-16-19(21)22-18-15-17-20/h2-14,16,18H2,1H3. The minimum atomic E-state index is -0.109. The van der Waals surface area contributed by atoms with Crippen LogP contribution in [0.1, 0.15) is 96.8 Å². The first kappa shape index (κ1) is 21.8. The van der Waals surface area contributed by atoms with Crippen LogP contribution in [0.3, 0.4) is 0 Å². The van der Waals surface area contributed by atoms with Crippen molar-refractivity contribution in [2.45, 2.75) is 96.8 Å². The molecule has 0 rings (SSSR count). The number of rotatable bonds is 15. The molecule has 0 atom stereocenters. The highest BCUT2D eigenvalue weighted by Gasteiger charge is 2.01. The molecular weight excluding hydrogens is 387 g/mol. The Morgan fingerprint density at radius 1 is 0.818 bits per heavy atom. The Labute approximate surface area is 151 Å². The third-order valence-corrected chi connectivity index (χ3v) is 4.24. The van der Waals surface area contributed by atoms with Gasteiger partial charge in [0.05, 0.1) is 0 Å². The van der Waals surface area contributed by atoms with E-state index in [1.807, 2.05) is 22.6 Å². The molecular formula is C19H33IO2. The van der Waals surface area contributed by atoms with E-state index in [1.54, 1.807) is 0 Å². The maximum absolute atomic E-state index is 11.3. The quantitative estimate of drug-likeness (QED) is 0.133. The van der Waals surface area contributed by atoms with Gasteiger partial charge in [-0.25, -0.2) is 0 Å². The van der Waals surface area contributed by atoms with Gasteiger partial charge in [-0.05, 0) is 10.3 Å². The van der Waals surface area contributed by atoms with Crippen LogP contribution in [0.15, 0.2) is 0 Å². The predicted octanol–water partition coefficient (Wildman–Crippen LogP) is 6.41. The van der Waals surface area contributed by atoms with Crippen LogP contribution in [0, 0.1) is 9.85 Å². The molecule has 0 saturated heterocycles. The molecule has 2 nitrogen and oxygen atoms in total. The number of hydrogen-bond acceptors (Lipinski definition) is 2. The van der Waals surface area contributed by atoms with Crippen LogP contribution in [0.25, 0.3) is 0 Å². The first-order valence-corrected chi connectivity index (χ1v) is 10.1. The fourth-order valence-electron chi connectivity index (χ4n) is 2.50. The molecule has 0 fully saturated rings. The van der Waals surface area contributed by atoms with Crippen molar-refractivity contribution in [2.75, 3.05) is 6.61 Å². The molecule has 0 unspecified atom stereocenters. The number of hydrogen-bond donors (Lipinski definition) is 0. The molecule has 22 heavy (non-hydrogen) atoms. The summed E-state index contributed by atoms with van der Waals surface area (Å²) in [5.74, 6) is 2.61. The first-order valence-electron chi connectivity index (χ1n) is 9.05. The molecule has 3 heteroatoms. The lowest BCUT2D eigenvalue weighted by molar-refractivity contribution is -0.142. The smallest absolute Gasteiger partial charge is 0.306 e. The van der Waals surface area contributed by atoms with E-state index in [0.29, 0.717) is 6.42 Å². The average molecular weight is 420 g/mol. The van der Waals surface area contributed by atoms with Crippen molar-refractivity contribution in [3.05, 3.63) is 0 Å². The number of halogens is 1. The fourth-order valence-corrected chi connectivity index (χ4v) is 2.66. The van der Waals surface area contributed by atoms with E-state index in [1.165, 1.54) is 70.6 Å². The molecule has 0 bridgehead atoms. The molecule has 0 aromatic carbocycles. The van der Waals surface area contributed by atoms with Gasteiger partial charge in [0.2, 0.25) is 0 Å². The summed E-state index contributed by atoms with van der Waals surface area (Å²) in [4.78, 5) is 11.3. The van der Waals surface area contributed by atoms with E-state index < -0.39 is 0 Å². The van der Waals surface area contributed by atoms with Crippen molar-refractivity contribution < 1.29 is 9.53 Å². The molecule has 0 aliphatic heterocycles. The molecule has 0 heterocycles. The topological polar surface area (TPSA) is 26.3 Å². The van der Waals surface area contributed by atoms with Gasteiger partial charge in [-0.3, -0.25) is 4.79 Å². The highest BCUT2D eigenvalue weighted by molar-refractivity contribution is 14.1. The van der Waals surface area contributed by atoms with E-state index >= 15 is 0 Å². The van der Waals surface area contributed by atoms with E-state index in [-0.39, 0.29) is 12.6 Å². The normalized spacial score (nSPS) is 10.1. The maximum atomic E-state index is 11.3. The van der Waals surface area contributed by atoms with Crippen LogP contribution in [-0.2, 0) is 9.53 Å². The summed E-state index contributed by atoms with van der Waals surface area (Å²) in [6.07, 6.45) is 17.7. The molecule has 0 aliphatic carbocycles. The fraction of sp³-hybridized carbons (Fsp3) is 0.842. The summed E-state index contributed by atoms with van der Waals surface area (Å²) in [7, 11) is 0. The van der Waals surface area contributed by atoms with Crippen molar-refractivity contribution in [3.8, 4) is 9.85 Å². The lowest BCUT2D eigenvalue weighted by atomic mass is 10.0. The van der Waals surface area contributed by atoms with Gasteiger partial charge in [-0.1, -0.05) is 89.9 Å². The van der Waals surface area contributed by atoms with Gasteiger partial charge in [-0.15, -0.1) is 0 Å². The van der Waals surface area contributed by atoms with Crippen LogP contribution in [0.4, 0.5) is 0 Å². The molecule has 0 amide bonds. The van der Waals surface area contributed by atoms with Crippen molar-refractivity contribution >= 4 is 28.6 Å². The van der Waals surface area contributed by atoms with Gasteiger partial charge < -0.3 is 4.74 Å². The largest absolute Gasteiger partial charge is 0.452 e. The molecule has 0 aromatic rings. The van der Waals surface area contributed by atoms with Crippen LogP contribution in [0.5, 0.6) is 0 Å². The molecule has 0 radical (unpaired) electrons. The van der Waals surface area contributed by atoms with Crippen molar-refractivity contribution in [3.63, 3.8) is 0 Å². The van der Waals surface area contributed by atoms with Crippen molar-refractivity contribution in [1.29, 1.82) is 0 Å². The van der Waals surface area contributed by atoms with Gasteiger partial charge in [0, 0.05) is 29.0 Å². The zero-order valence-corrected chi connectivity index (χ0v) is 16.5. The predicted molar refractivity (Wildman–Crippen MR) is 103 cm³/mol. The third kappa shape index (κ3) is 17.8. The Morgan fingerprint density at radius 2 is 1.27 bits per heavy atom. The van der Waals surface area contributed by atoms with Gasteiger partial charge in [0.1, 0.15) is 0 Å². The second-order valence-electron chi connectivity index (χ2n) is 5.92. The second kappa shape index (κ2) is 18.8. The van der Waals surface area contributed by atoms with E-state index in [4.69, 9.17) is 4.74 Å². The monoisotopic (exact) mass is 420 g/mol. The first-order chi connectivity index (χ1) is 10.8. The lowest BCUT2D eigenvalue weighted by Crippen LogP contribution is -2.04. The number of ether oxygens (including phenoxy) is 1. The van der Waals surface area contributed by atoms with E-state index in [2.05, 4.69) is 16.8 Å². The van der Waals surface area contributed by atoms with Crippen LogP contribution in [0.2, 0.25) is 0 Å². The Balaban J connectivity index is 3.10. The summed E-state index contributed by atoms with van der Waals surface area (Å²) in [6.45, 7) is 2.50. The molecule has 0 saturated carbocycles.